The van der Waals surface area contributed by atoms with Gasteiger partial charge in [-0.05, 0) is 36.1 Å². The van der Waals surface area contributed by atoms with E-state index in [9.17, 15) is 4.79 Å². The van der Waals surface area contributed by atoms with Crippen LogP contribution in [-0.2, 0) is 12.8 Å². The average Bonchev–Trinajstić information content (AvgIpc) is 2.77. The van der Waals surface area contributed by atoms with Crippen molar-refractivity contribution in [3.05, 3.63) is 65.2 Å². The van der Waals surface area contributed by atoms with Crippen molar-refractivity contribution in [1.29, 1.82) is 0 Å². The fraction of sp³-hybridized carbons (Fsp3) is 0.188. The SMILES string of the molecule is O=C1c2ccccc2CC2Cc3ccccc3N12. The van der Waals surface area contributed by atoms with Gasteiger partial charge in [0.15, 0.2) is 0 Å². The Balaban J connectivity index is 1.88. The molecule has 1 amide bonds. The smallest absolute Gasteiger partial charge is 0.258 e. The van der Waals surface area contributed by atoms with Crippen LogP contribution < -0.4 is 4.90 Å². The Hall–Kier alpha value is -2.09. The van der Waals surface area contributed by atoms with Crippen molar-refractivity contribution in [2.45, 2.75) is 18.9 Å². The molecule has 0 bridgehead atoms. The number of nitrogens with zero attached hydrogens (tertiary/aromatic N) is 1. The van der Waals surface area contributed by atoms with Crippen LogP contribution in [0.4, 0.5) is 5.69 Å². The molecule has 0 radical (unpaired) electrons. The summed E-state index contributed by atoms with van der Waals surface area (Å²) in [5.41, 5.74) is 4.45. The molecule has 18 heavy (non-hydrogen) atoms. The third-order valence-electron chi connectivity index (χ3n) is 3.99. The second-order valence-electron chi connectivity index (χ2n) is 5.02. The Kier molecular flexibility index (Phi) is 1.90. The van der Waals surface area contributed by atoms with Gasteiger partial charge in [-0.3, -0.25) is 4.79 Å². The van der Waals surface area contributed by atoms with Crippen molar-refractivity contribution < 1.29 is 4.79 Å². The standard InChI is InChI=1S/C16H13NO/c18-16-14-7-3-1-5-11(14)9-13-10-12-6-2-4-8-15(12)17(13)16/h1-8,13H,9-10H2. The van der Waals surface area contributed by atoms with E-state index in [1.807, 2.05) is 29.2 Å². The monoisotopic (exact) mass is 235 g/mol. The molecule has 0 fully saturated rings. The lowest BCUT2D eigenvalue weighted by molar-refractivity contribution is 0.0971. The Labute approximate surface area is 106 Å². The molecule has 2 heteroatoms. The van der Waals surface area contributed by atoms with Gasteiger partial charge < -0.3 is 4.90 Å². The van der Waals surface area contributed by atoms with Gasteiger partial charge in [0.2, 0.25) is 0 Å². The molecule has 0 aromatic heterocycles. The first kappa shape index (κ1) is 9.89. The number of fused-ring (bicyclic) bond motifs is 4. The van der Waals surface area contributed by atoms with Crippen LogP contribution in [0.3, 0.4) is 0 Å². The number of amides is 1. The highest BCUT2D eigenvalue weighted by Crippen LogP contribution is 2.37. The number of carbonyl (C=O) groups excluding carboxylic acids is 1. The molecule has 1 unspecified atom stereocenters. The highest BCUT2D eigenvalue weighted by atomic mass is 16.2. The number of anilines is 1. The van der Waals surface area contributed by atoms with Gasteiger partial charge in [0.05, 0.1) is 0 Å². The molecule has 2 aliphatic rings. The van der Waals surface area contributed by atoms with E-state index in [1.165, 1.54) is 11.1 Å². The molecular formula is C16H13NO. The maximum atomic E-state index is 12.6. The predicted molar refractivity (Wildman–Crippen MR) is 70.9 cm³/mol. The minimum atomic E-state index is 0.159. The van der Waals surface area contributed by atoms with Gasteiger partial charge in [0, 0.05) is 17.3 Å². The van der Waals surface area contributed by atoms with Crippen LogP contribution in [0.15, 0.2) is 48.5 Å². The van der Waals surface area contributed by atoms with E-state index in [1.54, 1.807) is 0 Å². The summed E-state index contributed by atoms with van der Waals surface area (Å²) in [6.07, 6.45) is 1.95. The third-order valence-corrected chi connectivity index (χ3v) is 3.99. The summed E-state index contributed by atoms with van der Waals surface area (Å²) in [5, 5.41) is 0. The Morgan fingerprint density at radius 3 is 2.44 bits per heavy atom. The Morgan fingerprint density at radius 1 is 0.889 bits per heavy atom. The van der Waals surface area contributed by atoms with Crippen LogP contribution >= 0.6 is 0 Å². The second-order valence-corrected chi connectivity index (χ2v) is 5.02. The van der Waals surface area contributed by atoms with E-state index in [0.29, 0.717) is 6.04 Å². The molecule has 2 aromatic carbocycles. The third kappa shape index (κ3) is 1.20. The zero-order valence-electron chi connectivity index (χ0n) is 9.97. The number of hydrogen-bond acceptors (Lipinski definition) is 1. The van der Waals surface area contributed by atoms with Crippen molar-refractivity contribution in [2.75, 3.05) is 4.90 Å². The van der Waals surface area contributed by atoms with Crippen LogP contribution in [0.2, 0.25) is 0 Å². The number of hydrogen-bond donors (Lipinski definition) is 0. The number of benzene rings is 2. The summed E-state index contributed by atoms with van der Waals surface area (Å²) in [4.78, 5) is 14.6. The summed E-state index contributed by atoms with van der Waals surface area (Å²) in [5.74, 6) is 0.159. The number of para-hydroxylation sites is 1. The lowest BCUT2D eigenvalue weighted by atomic mass is 9.93. The minimum absolute atomic E-state index is 0.159. The van der Waals surface area contributed by atoms with Gasteiger partial charge in [0.1, 0.15) is 0 Å². The highest BCUT2D eigenvalue weighted by Gasteiger charge is 2.38. The maximum absolute atomic E-state index is 12.6. The molecule has 2 heterocycles. The number of carbonyl (C=O) groups is 1. The summed E-state index contributed by atoms with van der Waals surface area (Å²) >= 11 is 0. The van der Waals surface area contributed by atoms with Crippen LogP contribution in [0.1, 0.15) is 21.5 Å². The lowest BCUT2D eigenvalue weighted by Gasteiger charge is -2.31. The molecule has 0 N–H and O–H groups in total. The first-order valence-corrected chi connectivity index (χ1v) is 6.34. The molecule has 2 aromatic rings. The van der Waals surface area contributed by atoms with Gasteiger partial charge in [-0.25, -0.2) is 0 Å². The zero-order valence-corrected chi connectivity index (χ0v) is 9.97. The average molecular weight is 235 g/mol. The maximum Gasteiger partial charge on any atom is 0.258 e. The summed E-state index contributed by atoms with van der Waals surface area (Å²) in [7, 11) is 0. The molecule has 1 atom stereocenters. The molecular weight excluding hydrogens is 222 g/mol. The van der Waals surface area contributed by atoms with E-state index in [-0.39, 0.29) is 5.91 Å². The Bertz CT molecular complexity index is 647. The normalized spacial score (nSPS) is 20.3. The summed E-state index contributed by atoms with van der Waals surface area (Å²) in [6.45, 7) is 0. The molecule has 2 nitrogen and oxygen atoms in total. The van der Waals surface area contributed by atoms with Crippen molar-refractivity contribution in [2.24, 2.45) is 0 Å². The van der Waals surface area contributed by atoms with Gasteiger partial charge in [-0.15, -0.1) is 0 Å². The first-order valence-electron chi connectivity index (χ1n) is 6.34. The molecule has 4 rings (SSSR count). The van der Waals surface area contributed by atoms with Crippen molar-refractivity contribution in [3.63, 3.8) is 0 Å². The van der Waals surface area contributed by atoms with E-state index in [4.69, 9.17) is 0 Å². The van der Waals surface area contributed by atoms with E-state index < -0.39 is 0 Å². The van der Waals surface area contributed by atoms with Crippen molar-refractivity contribution >= 4 is 11.6 Å². The van der Waals surface area contributed by atoms with Crippen molar-refractivity contribution in [1.82, 2.24) is 0 Å². The van der Waals surface area contributed by atoms with E-state index in [2.05, 4.69) is 24.3 Å². The minimum Gasteiger partial charge on any atom is -0.304 e. The van der Waals surface area contributed by atoms with Gasteiger partial charge in [-0.1, -0.05) is 36.4 Å². The summed E-state index contributed by atoms with van der Waals surface area (Å²) < 4.78 is 0. The van der Waals surface area contributed by atoms with Gasteiger partial charge in [0.25, 0.3) is 5.91 Å². The van der Waals surface area contributed by atoms with Gasteiger partial charge >= 0.3 is 0 Å². The first-order chi connectivity index (χ1) is 8.84. The molecule has 0 saturated carbocycles. The second kappa shape index (κ2) is 3.45. The topological polar surface area (TPSA) is 20.3 Å². The molecule has 0 spiro atoms. The van der Waals surface area contributed by atoms with Gasteiger partial charge in [-0.2, -0.15) is 0 Å². The fourth-order valence-corrected chi connectivity index (χ4v) is 3.19. The van der Waals surface area contributed by atoms with Crippen LogP contribution in [-0.4, -0.2) is 11.9 Å². The van der Waals surface area contributed by atoms with E-state index in [0.717, 1.165) is 24.1 Å². The quantitative estimate of drug-likeness (QED) is 0.687. The molecule has 88 valence electrons. The van der Waals surface area contributed by atoms with Crippen LogP contribution in [0, 0.1) is 0 Å². The fourth-order valence-electron chi connectivity index (χ4n) is 3.19. The molecule has 0 aliphatic carbocycles. The van der Waals surface area contributed by atoms with E-state index >= 15 is 0 Å². The van der Waals surface area contributed by atoms with Crippen molar-refractivity contribution in [3.8, 4) is 0 Å². The molecule has 2 aliphatic heterocycles. The van der Waals surface area contributed by atoms with Crippen LogP contribution in [0.25, 0.3) is 0 Å². The Morgan fingerprint density at radius 2 is 1.56 bits per heavy atom. The largest absolute Gasteiger partial charge is 0.304 e. The summed E-state index contributed by atoms with van der Waals surface area (Å²) in [6, 6.07) is 16.5. The highest BCUT2D eigenvalue weighted by molar-refractivity contribution is 6.09. The predicted octanol–water partition coefficient (Wildman–Crippen LogP) is 2.81. The number of rotatable bonds is 0. The zero-order chi connectivity index (χ0) is 12.1. The van der Waals surface area contributed by atoms with Crippen LogP contribution in [0.5, 0.6) is 0 Å². The molecule has 0 saturated heterocycles. The lowest BCUT2D eigenvalue weighted by Crippen LogP contribution is -2.43.